The van der Waals surface area contributed by atoms with Gasteiger partial charge in [0.05, 0.1) is 5.54 Å². The van der Waals surface area contributed by atoms with Crippen molar-refractivity contribution in [2.45, 2.75) is 18.4 Å². The van der Waals surface area contributed by atoms with Crippen LogP contribution in [0.25, 0.3) is 0 Å². The van der Waals surface area contributed by atoms with Crippen LogP contribution in [0.5, 0.6) is 0 Å². The number of benzene rings is 2. The molecule has 3 heteroatoms. The second kappa shape index (κ2) is 4.08. The molecule has 2 aromatic carbocycles. The molecular weight excluding hydrogens is 249 g/mol. The monoisotopic (exact) mass is 261 g/mol. The molecule has 0 fully saturated rings. The molecule has 0 aliphatic heterocycles. The zero-order chi connectivity index (χ0) is 12.8. The highest BCUT2D eigenvalue weighted by molar-refractivity contribution is 6.30. The van der Waals surface area contributed by atoms with Gasteiger partial charge in [-0.15, -0.1) is 0 Å². The van der Waals surface area contributed by atoms with Gasteiger partial charge in [-0.3, -0.25) is 0 Å². The molecule has 3 rings (SSSR count). The molecule has 1 nitrogen and oxygen atoms in total. The molecule has 2 aromatic rings. The molecule has 0 spiro atoms. The highest BCUT2D eigenvalue weighted by Crippen LogP contribution is 2.40. The van der Waals surface area contributed by atoms with Gasteiger partial charge < -0.3 is 5.73 Å². The number of nitrogens with two attached hydrogens (primary N) is 1. The lowest BCUT2D eigenvalue weighted by Crippen LogP contribution is -2.35. The van der Waals surface area contributed by atoms with E-state index >= 15 is 0 Å². The van der Waals surface area contributed by atoms with Gasteiger partial charge in [0.15, 0.2) is 0 Å². The van der Waals surface area contributed by atoms with Crippen LogP contribution in [0.2, 0.25) is 5.02 Å². The number of aryl methyl sites for hydroxylation is 1. The minimum atomic E-state index is -0.548. The lowest BCUT2D eigenvalue weighted by atomic mass is 9.85. The molecule has 0 amide bonds. The van der Waals surface area contributed by atoms with Gasteiger partial charge in [-0.1, -0.05) is 29.8 Å². The Labute approximate surface area is 110 Å². The Bertz CT molecular complexity index is 611. The van der Waals surface area contributed by atoms with Gasteiger partial charge >= 0.3 is 0 Å². The minimum Gasteiger partial charge on any atom is -0.318 e. The summed E-state index contributed by atoms with van der Waals surface area (Å²) in [6, 6.07) is 12.4. The van der Waals surface area contributed by atoms with Crippen molar-refractivity contribution in [1.82, 2.24) is 0 Å². The largest absolute Gasteiger partial charge is 0.318 e. The van der Waals surface area contributed by atoms with E-state index in [0.29, 0.717) is 5.02 Å². The number of hydrogen-bond donors (Lipinski definition) is 1. The summed E-state index contributed by atoms with van der Waals surface area (Å²) < 4.78 is 13.2. The lowest BCUT2D eigenvalue weighted by Gasteiger charge is -2.26. The number of rotatable bonds is 1. The predicted octanol–water partition coefficient (Wildman–Crippen LogP) is 3.63. The van der Waals surface area contributed by atoms with Gasteiger partial charge in [-0.05, 0) is 53.8 Å². The average molecular weight is 262 g/mol. The normalized spacial score (nSPS) is 21.9. The van der Waals surface area contributed by atoms with E-state index in [1.54, 1.807) is 12.1 Å². The topological polar surface area (TPSA) is 26.0 Å². The minimum absolute atomic E-state index is 0.205. The Balaban J connectivity index is 2.14. The van der Waals surface area contributed by atoms with Crippen molar-refractivity contribution in [2.75, 3.05) is 0 Å². The Morgan fingerprint density at radius 1 is 1.17 bits per heavy atom. The van der Waals surface area contributed by atoms with E-state index in [9.17, 15) is 4.39 Å². The third-order valence-corrected chi connectivity index (χ3v) is 3.91. The molecule has 0 radical (unpaired) electrons. The van der Waals surface area contributed by atoms with Crippen molar-refractivity contribution in [2.24, 2.45) is 5.73 Å². The molecule has 0 saturated carbocycles. The molecule has 0 saturated heterocycles. The number of halogens is 2. The van der Waals surface area contributed by atoms with E-state index in [4.69, 9.17) is 17.3 Å². The molecule has 0 aromatic heterocycles. The summed E-state index contributed by atoms with van der Waals surface area (Å²) in [5.74, 6) is -0.205. The summed E-state index contributed by atoms with van der Waals surface area (Å²) in [5.41, 5.74) is 8.97. The highest BCUT2D eigenvalue weighted by atomic mass is 35.5. The number of hydrogen-bond acceptors (Lipinski definition) is 1. The van der Waals surface area contributed by atoms with Crippen LogP contribution in [0.3, 0.4) is 0 Å². The molecule has 2 N–H and O–H groups in total. The van der Waals surface area contributed by atoms with Crippen molar-refractivity contribution in [3.8, 4) is 0 Å². The summed E-state index contributed by atoms with van der Waals surface area (Å²) in [4.78, 5) is 0. The van der Waals surface area contributed by atoms with E-state index in [2.05, 4.69) is 0 Å². The maximum atomic E-state index is 13.2. The van der Waals surface area contributed by atoms with Crippen molar-refractivity contribution in [3.63, 3.8) is 0 Å². The van der Waals surface area contributed by atoms with Gasteiger partial charge in [-0.2, -0.15) is 0 Å². The second-order valence-corrected chi connectivity index (χ2v) is 5.22. The Kier molecular flexibility index (Phi) is 2.65. The first-order chi connectivity index (χ1) is 8.59. The first-order valence-electron chi connectivity index (χ1n) is 5.93. The fourth-order valence-corrected chi connectivity index (χ4v) is 2.93. The third-order valence-electron chi connectivity index (χ3n) is 3.68. The molecule has 1 aliphatic rings. The van der Waals surface area contributed by atoms with E-state index in [1.807, 2.05) is 24.3 Å². The Hall–Kier alpha value is -1.38. The quantitative estimate of drug-likeness (QED) is 0.834. The van der Waals surface area contributed by atoms with Crippen molar-refractivity contribution in [3.05, 3.63) is 70.0 Å². The van der Waals surface area contributed by atoms with E-state index in [1.165, 1.54) is 6.07 Å². The van der Waals surface area contributed by atoms with Crippen LogP contribution in [0.4, 0.5) is 4.39 Å². The first kappa shape index (κ1) is 11.7. The molecule has 92 valence electrons. The zero-order valence-corrected chi connectivity index (χ0v) is 10.5. The fourth-order valence-electron chi connectivity index (χ4n) is 2.74. The van der Waals surface area contributed by atoms with Crippen LogP contribution in [-0.2, 0) is 12.0 Å². The molecule has 0 bridgehead atoms. The van der Waals surface area contributed by atoms with Crippen molar-refractivity contribution < 1.29 is 4.39 Å². The van der Waals surface area contributed by atoms with Gasteiger partial charge in [0.25, 0.3) is 0 Å². The smallest absolute Gasteiger partial charge is 0.123 e. The molecular formula is C15H13ClFN. The van der Waals surface area contributed by atoms with E-state index in [-0.39, 0.29) is 5.82 Å². The van der Waals surface area contributed by atoms with Crippen LogP contribution in [-0.4, -0.2) is 0 Å². The van der Waals surface area contributed by atoms with Crippen LogP contribution in [0.1, 0.15) is 23.1 Å². The second-order valence-electron chi connectivity index (χ2n) is 4.78. The third kappa shape index (κ3) is 1.73. The van der Waals surface area contributed by atoms with E-state index in [0.717, 1.165) is 29.5 Å². The van der Waals surface area contributed by atoms with Crippen LogP contribution in [0, 0.1) is 5.82 Å². The van der Waals surface area contributed by atoms with Gasteiger partial charge in [0.1, 0.15) is 5.82 Å². The van der Waals surface area contributed by atoms with Crippen LogP contribution >= 0.6 is 11.6 Å². The van der Waals surface area contributed by atoms with Crippen molar-refractivity contribution in [1.29, 1.82) is 0 Å². The van der Waals surface area contributed by atoms with Gasteiger partial charge in [-0.25, -0.2) is 4.39 Å². The maximum Gasteiger partial charge on any atom is 0.123 e. The highest BCUT2D eigenvalue weighted by Gasteiger charge is 2.36. The van der Waals surface area contributed by atoms with E-state index < -0.39 is 5.54 Å². The van der Waals surface area contributed by atoms with Gasteiger partial charge in [0, 0.05) is 5.02 Å². The molecule has 18 heavy (non-hydrogen) atoms. The standard InChI is InChI=1S/C15H13ClFN/c16-12-3-1-2-11(9-12)15(18)7-6-10-8-13(17)4-5-14(10)15/h1-5,8-9H,6-7,18H2. The molecule has 1 atom stereocenters. The molecule has 0 heterocycles. The SMILES string of the molecule is NC1(c2cccc(Cl)c2)CCc2cc(F)ccc21. The predicted molar refractivity (Wildman–Crippen MR) is 71.1 cm³/mol. The lowest BCUT2D eigenvalue weighted by molar-refractivity contribution is 0.534. The summed E-state index contributed by atoms with van der Waals surface area (Å²) in [6.07, 6.45) is 1.59. The van der Waals surface area contributed by atoms with Crippen LogP contribution in [0.15, 0.2) is 42.5 Å². The zero-order valence-electron chi connectivity index (χ0n) is 9.79. The molecule has 1 aliphatic carbocycles. The summed E-state index contributed by atoms with van der Waals surface area (Å²) in [7, 11) is 0. The fraction of sp³-hybridized carbons (Fsp3) is 0.200. The van der Waals surface area contributed by atoms with Gasteiger partial charge in [0.2, 0.25) is 0 Å². The summed E-state index contributed by atoms with van der Waals surface area (Å²) in [6.45, 7) is 0. The summed E-state index contributed by atoms with van der Waals surface area (Å²) >= 11 is 6.02. The Morgan fingerprint density at radius 2 is 2.00 bits per heavy atom. The van der Waals surface area contributed by atoms with Crippen LogP contribution < -0.4 is 5.73 Å². The average Bonchev–Trinajstić information content (AvgIpc) is 2.68. The van der Waals surface area contributed by atoms with Crippen molar-refractivity contribution >= 4 is 11.6 Å². The summed E-state index contributed by atoms with van der Waals surface area (Å²) in [5, 5.41) is 0.674. The number of fused-ring (bicyclic) bond motifs is 1. The Morgan fingerprint density at radius 3 is 2.78 bits per heavy atom. The first-order valence-corrected chi connectivity index (χ1v) is 6.31. The molecule has 1 unspecified atom stereocenters. The maximum absolute atomic E-state index is 13.2.